The molecular formula is C9H14O3. The molecule has 1 saturated heterocycles. The number of ether oxygens (including phenoxy) is 1. The Morgan fingerprint density at radius 1 is 1.42 bits per heavy atom. The molecule has 68 valence electrons. The van der Waals surface area contributed by atoms with Crippen LogP contribution in [0.15, 0.2) is 0 Å². The van der Waals surface area contributed by atoms with Gasteiger partial charge in [-0.3, -0.25) is 4.79 Å². The number of hydrogen-bond acceptors (Lipinski definition) is 3. The van der Waals surface area contributed by atoms with E-state index in [1.165, 1.54) is 0 Å². The summed E-state index contributed by atoms with van der Waals surface area (Å²) in [4.78, 5) is 11.4. The van der Waals surface area contributed by atoms with Gasteiger partial charge in [0.2, 0.25) is 0 Å². The third kappa shape index (κ3) is 0.774. The predicted octanol–water partition coefficient (Wildman–Crippen LogP) is 0.855. The summed E-state index contributed by atoms with van der Waals surface area (Å²) in [6.45, 7) is 2.24. The van der Waals surface area contributed by atoms with Crippen LogP contribution in [-0.2, 0) is 9.53 Å². The van der Waals surface area contributed by atoms with Gasteiger partial charge in [0, 0.05) is 6.42 Å². The molecule has 1 heterocycles. The van der Waals surface area contributed by atoms with Crippen molar-refractivity contribution < 1.29 is 14.6 Å². The summed E-state index contributed by atoms with van der Waals surface area (Å²) >= 11 is 0. The van der Waals surface area contributed by atoms with Crippen LogP contribution in [0.25, 0.3) is 0 Å². The maximum Gasteiger partial charge on any atom is 0.315 e. The van der Waals surface area contributed by atoms with Gasteiger partial charge in [0.1, 0.15) is 0 Å². The van der Waals surface area contributed by atoms with Gasteiger partial charge < -0.3 is 9.84 Å². The Morgan fingerprint density at radius 3 is 2.58 bits per heavy atom. The summed E-state index contributed by atoms with van der Waals surface area (Å²) in [5, 5.41) is 10.0. The van der Waals surface area contributed by atoms with Crippen molar-refractivity contribution in [3.05, 3.63) is 0 Å². The average molecular weight is 170 g/mol. The van der Waals surface area contributed by atoms with Crippen molar-refractivity contribution in [3.63, 3.8) is 0 Å². The Bertz CT molecular complexity index is 218. The molecule has 3 heteroatoms. The topological polar surface area (TPSA) is 46.5 Å². The highest BCUT2D eigenvalue weighted by Crippen LogP contribution is 2.51. The second kappa shape index (κ2) is 2.22. The van der Waals surface area contributed by atoms with E-state index in [1.807, 2.05) is 0 Å². The largest absolute Gasteiger partial charge is 0.465 e. The molecule has 12 heavy (non-hydrogen) atoms. The SMILES string of the molecule is C[C@@]1(O)CCC[C@@]12CCOC2=O. The molecule has 2 rings (SSSR count). The van der Waals surface area contributed by atoms with Crippen LogP contribution in [0.2, 0.25) is 0 Å². The van der Waals surface area contributed by atoms with Crippen LogP contribution in [0, 0.1) is 5.41 Å². The number of carbonyl (C=O) groups is 1. The fourth-order valence-electron chi connectivity index (χ4n) is 2.52. The minimum atomic E-state index is -0.833. The van der Waals surface area contributed by atoms with E-state index >= 15 is 0 Å². The number of rotatable bonds is 0. The summed E-state index contributed by atoms with van der Waals surface area (Å²) in [5.74, 6) is -0.190. The van der Waals surface area contributed by atoms with Gasteiger partial charge in [-0.1, -0.05) is 0 Å². The van der Waals surface area contributed by atoms with Crippen LogP contribution in [0.3, 0.4) is 0 Å². The van der Waals surface area contributed by atoms with E-state index in [1.54, 1.807) is 6.92 Å². The molecule has 1 spiro atoms. The van der Waals surface area contributed by atoms with Crippen molar-refractivity contribution in [3.8, 4) is 0 Å². The molecular weight excluding hydrogens is 156 g/mol. The van der Waals surface area contributed by atoms with Gasteiger partial charge in [0.25, 0.3) is 0 Å². The van der Waals surface area contributed by atoms with Gasteiger partial charge in [-0.2, -0.15) is 0 Å². The molecule has 2 atom stereocenters. The second-order valence-electron chi connectivity index (χ2n) is 4.10. The molecule has 0 bridgehead atoms. The van der Waals surface area contributed by atoms with Gasteiger partial charge in [0.15, 0.2) is 0 Å². The highest BCUT2D eigenvalue weighted by atomic mass is 16.5. The molecule has 1 aliphatic heterocycles. The molecule has 1 saturated carbocycles. The molecule has 0 aromatic heterocycles. The summed E-state index contributed by atoms with van der Waals surface area (Å²) < 4.78 is 4.93. The number of cyclic esters (lactones) is 1. The zero-order valence-corrected chi connectivity index (χ0v) is 7.30. The lowest BCUT2D eigenvalue weighted by Crippen LogP contribution is -2.44. The van der Waals surface area contributed by atoms with Gasteiger partial charge in [0.05, 0.1) is 17.6 Å². The molecule has 0 amide bonds. The van der Waals surface area contributed by atoms with Crippen molar-refractivity contribution in [1.82, 2.24) is 0 Å². The lowest BCUT2D eigenvalue weighted by atomic mass is 9.74. The lowest BCUT2D eigenvalue weighted by Gasteiger charge is -2.32. The first-order valence-corrected chi connectivity index (χ1v) is 4.48. The van der Waals surface area contributed by atoms with Crippen LogP contribution in [-0.4, -0.2) is 23.3 Å². The van der Waals surface area contributed by atoms with E-state index in [4.69, 9.17) is 4.74 Å². The van der Waals surface area contributed by atoms with E-state index in [9.17, 15) is 9.90 Å². The number of esters is 1. The molecule has 2 aliphatic rings. The Morgan fingerprint density at radius 2 is 2.17 bits per heavy atom. The first-order chi connectivity index (χ1) is 5.58. The Hall–Kier alpha value is -0.570. The second-order valence-corrected chi connectivity index (χ2v) is 4.10. The third-order valence-corrected chi connectivity index (χ3v) is 3.45. The van der Waals surface area contributed by atoms with Crippen LogP contribution >= 0.6 is 0 Å². The number of carbonyl (C=O) groups excluding carboxylic acids is 1. The fraction of sp³-hybridized carbons (Fsp3) is 0.889. The predicted molar refractivity (Wildman–Crippen MR) is 42.5 cm³/mol. The third-order valence-electron chi connectivity index (χ3n) is 3.45. The number of aliphatic hydroxyl groups is 1. The fourth-order valence-corrected chi connectivity index (χ4v) is 2.52. The molecule has 0 aromatic carbocycles. The molecule has 0 radical (unpaired) electrons. The minimum absolute atomic E-state index is 0.190. The van der Waals surface area contributed by atoms with Gasteiger partial charge in [-0.15, -0.1) is 0 Å². The number of hydrogen-bond donors (Lipinski definition) is 1. The highest BCUT2D eigenvalue weighted by Gasteiger charge is 2.59. The zero-order chi connectivity index (χ0) is 8.82. The van der Waals surface area contributed by atoms with Crippen molar-refractivity contribution in [1.29, 1.82) is 0 Å². The van der Waals surface area contributed by atoms with Gasteiger partial charge in [-0.05, 0) is 26.2 Å². The average Bonchev–Trinajstić information content (AvgIpc) is 2.45. The van der Waals surface area contributed by atoms with E-state index < -0.39 is 11.0 Å². The molecule has 0 aromatic rings. The van der Waals surface area contributed by atoms with E-state index in [-0.39, 0.29) is 5.97 Å². The molecule has 2 fully saturated rings. The molecule has 3 nitrogen and oxygen atoms in total. The summed E-state index contributed by atoms with van der Waals surface area (Å²) in [6.07, 6.45) is 3.14. The van der Waals surface area contributed by atoms with Crippen molar-refractivity contribution >= 4 is 5.97 Å². The normalized spacial score (nSPS) is 47.0. The Kier molecular flexibility index (Phi) is 1.49. The zero-order valence-electron chi connectivity index (χ0n) is 7.30. The monoisotopic (exact) mass is 170 g/mol. The quantitative estimate of drug-likeness (QED) is 0.548. The van der Waals surface area contributed by atoms with Crippen LogP contribution in [0.5, 0.6) is 0 Å². The van der Waals surface area contributed by atoms with Crippen molar-refractivity contribution in [2.75, 3.05) is 6.61 Å². The first kappa shape index (κ1) is 8.05. The Balaban J connectivity index is 2.35. The van der Waals surface area contributed by atoms with Crippen molar-refractivity contribution in [2.45, 2.75) is 38.2 Å². The molecule has 1 aliphatic carbocycles. The van der Waals surface area contributed by atoms with E-state index in [0.717, 1.165) is 19.3 Å². The first-order valence-electron chi connectivity index (χ1n) is 4.48. The lowest BCUT2D eigenvalue weighted by molar-refractivity contribution is -0.156. The van der Waals surface area contributed by atoms with Crippen LogP contribution < -0.4 is 0 Å². The molecule has 0 unspecified atom stereocenters. The summed E-state index contributed by atoms with van der Waals surface area (Å²) in [7, 11) is 0. The standard InChI is InChI=1S/C9H14O3/c1-8(11)3-2-4-9(8)5-6-12-7(9)10/h11H,2-6H2,1H3/t8-,9+/m1/s1. The van der Waals surface area contributed by atoms with Gasteiger partial charge in [-0.25, -0.2) is 0 Å². The summed E-state index contributed by atoms with van der Waals surface area (Å²) in [6, 6.07) is 0. The van der Waals surface area contributed by atoms with Crippen LogP contribution in [0.1, 0.15) is 32.6 Å². The smallest absolute Gasteiger partial charge is 0.315 e. The maximum absolute atomic E-state index is 11.4. The van der Waals surface area contributed by atoms with Crippen molar-refractivity contribution in [2.24, 2.45) is 5.41 Å². The Labute approximate surface area is 71.7 Å². The van der Waals surface area contributed by atoms with E-state index in [0.29, 0.717) is 13.0 Å². The van der Waals surface area contributed by atoms with E-state index in [2.05, 4.69) is 0 Å². The van der Waals surface area contributed by atoms with Gasteiger partial charge >= 0.3 is 5.97 Å². The molecule has 1 N–H and O–H groups in total. The summed E-state index contributed by atoms with van der Waals surface area (Å²) in [5.41, 5.74) is -1.40. The maximum atomic E-state index is 11.4. The minimum Gasteiger partial charge on any atom is -0.465 e. The highest BCUT2D eigenvalue weighted by molar-refractivity contribution is 5.80. The van der Waals surface area contributed by atoms with Crippen LogP contribution in [0.4, 0.5) is 0 Å².